The van der Waals surface area contributed by atoms with Crippen LogP contribution < -0.4 is 0 Å². The van der Waals surface area contributed by atoms with Gasteiger partial charge in [0.05, 0.1) is 6.61 Å². The smallest absolute Gasteiger partial charge is 0.253 e. The Morgan fingerprint density at radius 2 is 2.06 bits per heavy atom. The first-order valence-electron chi connectivity index (χ1n) is 5.57. The van der Waals surface area contributed by atoms with Gasteiger partial charge in [-0.25, -0.2) is 8.42 Å². The molecule has 6 heteroatoms. The summed E-state index contributed by atoms with van der Waals surface area (Å²) in [5.41, 5.74) is -0.517. The highest BCUT2D eigenvalue weighted by Crippen LogP contribution is 2.29. The van der Waals surface area contributed by atoms with Crippen LogP contribution in [0.15, 0.2) is 29.0 Å². The molecule has 0 bridgehead atoms. The molecule has 1 rings (SSSR count). The molecule has 1 N–H and O–H groups in total. The lowest BCUT2D eigenvalue weighted by molar-refractivity contribution is 0.270. The molecular formula is C12H19NO3S2. The average molecular weight is 289 g/mol. The Hall–Kier alpha value is -0.690. The standard InChI is InChI=1S/C12H19NO3S2/c1-5-8-13(12(2,3)4)18(15,16)11-7-6-10(9-14)17-11/h5-7,14H,1,8-9H2,2-4H3. The van der Waals surface area contributed by atoms with E-state index >= 15 is 0 Å². The highest BCUT2D eigenvalue weighted by molar-refractivity contribution is 7.91. The maximum Gasteiger partial charge on any atom is 0.253 e. The molecule has 0 aromatic carbocycles. The highest BCUT2D eigenvalue weighted by Gasteiger charge is 2.33. The minimum Gasteiger partial charge on any atom is -0.391 e. The van der Waals surface area contributed by atoms with Crippen molar-refractivity contribution < 1.29 is 13.5 Å². The molecule has 1 heterocycles. The van der Waals surface area contributed by atoms with Gasteiger partial charge in [-0.3, -0.25) is 0 Å². The van der Waals surface area contributed by atoms with E-state index < -0.39 is 15.6 Å². The maximum atomic E-state index is 12.5. The molecule has 0 unspecified atom stereocenters. The fourth-order valence-electron chi connectivity index (χ4n) is 1.54. The van der Waals surface area contributed by atoms with Gasteiger partial charge in [0.15, 0.2) is 0 Å². The van der Waals surface area contributed by atoms with Crippen molar-refractivity contribution in [2.24, 2.45) is 0 Å². The summed E-state index contributed by atoms with van der Waals surface area (Å²) in [4.78, 5) is 0.640. The Morgan fingerprint density at radius 1 is 1.44 bits per heavy atom. The van der Waals surface area contributed by atoms with Gasteiger partial charge in [0.25, 0.3) is 10.0 Å². The second-order valence-electron chi connectivity index (χ2n) is 4.87. The fourth-order valence-corrected chi connectivity index (χ4v) is 4.63. The number of hydrogen-bond donors (Lipinski definition) is 1. The summed E-state index contributed by atoms with van der Waals surface area (Å²) in [6.45, 7) is 9.25. The number of aliphatic hydroxyl groups excluding tert-OH is 1. The molecule has 0 aliphatic carbocycles. The molecule has 0 saturated heterocycles. The van der Waals surface area contributed by atoms with Crippen LogP contribution in [0.5, 0.6) is 0 Å². The van der Waals surface area contributed by atoms with Gasteiger partial charge in [0.1, 0.15) is 4.21 Å². The van der Waals surface area contributed by atoms with Crippen molar-refractivity contribution in [1.82, 2.24) is 4.31 Å². The lowest BCUT2D eigenvalue weighted by atomic mass is 10.1. The number of sulfonamides is 1. The quantitative estimate of drug-likeness (QED) is 0.846. The molecule has 0 radical (unpaired) electrons. The second kappa shape index (κ2) is 5.52. The van der Waals surface area contributed by atoms with Gasteiger partial charge in [-0.05, 0) is 32.9 Å². The van der Waals surface area contributed by atoms with Crippen molar-refractivity contribution in [2.45, 2.75) is 37.1 Å². The highest BCUT2D eigenvalue weighted by atomic mass is 32.2. The van der Waals surface area contributed by atoms with Crippen LogP contribution in [0.4, 0.5) is 0 Å². The molecule has 1 aromatic heterocycles. The second-order valence-corrected chi connectivity index (χ2v) is 8.13. The zero-order chi connectivity index (χ0) is 14.0. The Kier molecular flexibility index (Phi) is 4.72. The molecule has 18 heavy (non-hydrogen) atoms. The normalized spacial score (nSPS) is 12.9. The third-order valence-corrected chi connectivity index (χ3v) is 6.05. The fraction of sp³-hybridized carbons (Fsp3) is 0.500. The van der Waals surface area contributed by atoms with Crippen molar-refractivity contribution in [3.63, 3.8) is 0 Å². The van der Waals surface area contributed by atoms with E-state index in [0.29, 0.717) is 4.88 Å². The van der Waals surface area contributed by atoms with Crippen molar-refractivity contribution in [1.29, 1.82) is 0 Å². The van der Waals surface area contributed by atoms with Gasteiger partial charge in [-0.15, -0.1) is 17.9 Å². The molecule has 0 spiro atoms. The Bertz CT molecular complexity index is 512. The van der Waals surface area contributed by atoms with E-state index in [4.69, 9.17) is 5.11 Å². The summed E-state index contributed by atoms with van der Waals surface area (Å²) >= 11 is 1.10. The third-order valence-electron chi connectivity index (χ3n) is 2.38. The van der Waals surface area contributed by atoms with Gasteiger partial charge in [-0.2, -0.15) is 4.31 Å². The molecule has 102 valence electrons. The van der Waals surface area contributed by atoms with E-state index in [9.17, 15) is 8.42 Å². The number of hydrogen-bond acceptors (Lipinski definition) is 4. The summed E-state index contributed by atoms with van der Waals surface area (Å²) in [6.07, 6.45) is 1.57. The SMILES string of the molecule is C=CCN(C(C)(C)C)S(=O)(=O)c1ccc(CO)s1. The largest absolute Gasteiger partial charge is 0.391 e. The minimum absolute atomic E-state index is 0.142. The molecule has 1 aromatic rings. The van der Waals surface area contributed by atoms with E-state index in [-0.39, 0.29) is 17.4 Å². The van der Waals surface area contributed by atoms with Gasteiger partial charge >= 0.3 is 0 Å². The Labute approximate surface area is 113 Å². The van der Waals surface area contributed by atoms with Crippen LogP contribution in [0.3, 0.4) is 0 Å². The van der Waals surface area contributed by atoms with E-state index in [0.717, 1.165) is 11.3 Å². The first kappa shape index (κ1) is 15.4. The van der Waals surface area contributed by atoms with Crippen LogP contribution >= 0.6 is 11.3 Å². The average Bonchev–Trinajstić information content (AvgIpc) is 2.73. The van der Waals surface area contributed by atoms with Gasteiger partial charge in [0, 0.05) is 17.0 Å². The number of thiophene rings is 1. The van der Waals surface area contributed by atoms with E-state index in [2.05, 4.69) is 6.58 Å². The van der Waals surface area contributed by atoms with Crippen LogP contribution in [0.1, 0.15) is 25.6 Å². The summed E-state index contributed by atoms with van der Waals surface area (Å²) in [7, 11) is -3.54. The van der Waals surface area contributed by atoms with Crippen molar-refractivity contribution >= 4 is 21.4 Å². The van der Waals surface area contributed by atoms with Crippen molar-refractivity contribution in [3.8, 4) is 0 Å². The molecule has 0 aliphatic heterocycles. The molecule has 0 aliphatic rings. The zero-order valence-corrected chi connectivity index (χ0v) is 12.5. The lowest BCUT2D eigenvalue weighted by Gasteiger charge is -2.33. The topological polar surface area (TPSA) is 57.6 Å². The van der Waals surface area contributed by atoms with Crippen LogP contribution in [-0.4, -0.2) is 29.9 Å². The molecular weight excluding hydrogens is 270 g/mol. The van der Waals surface area contributed by atoms with E-state index in [1.165, 1.54) is 10.4 Å². The van der Waals surface area contributed by atoms with Gasteiger partial charge in [-0.1, -0.05) is 6.08 Å². The number of nitrogens with zero attached hydrogens (tertiary/aromatic N) is 1. The number of aliphatic hydroxyl groups is 1. The molecule has 0 atom stereocenters. The predicted molar refractivity (Wildman–Crippen MR) is 74.1 cm³/mol. The Balaban J connectivity index is 3.21. The molecule has 4 nitrogen and oxygen atoms in total. The van der Waals surface area contributed by atoms with Gasteiger partial charge in [0.2, 0.25) is 0 Å². The third kappa shape index (κ3) is 3.20. The lowest BCUT2D eigenvalue weighted by Crippen LogP contribution is -2.45. The Morgan fingerprint density at radius 3 is 2.44 bits per heavy atom. The van der Waals surface area contributed by atoms with Crippen molar-refractivity contribution in [2.75, 3.05) is 6.54 Å². The summed E-state index contributed by atoms with van der Waals surface area (Å²) in [6, 6.07) is 3.17. The summed E-state index contributed by atoms with van der Waals surface area (Å²) in [5.74, 6) is 0. The maximum absolute atomic E-state index is 12.5. The van der Waals surface area contributed by atoms with Crippen LogP contribution in [-0.2, 0) is 16.6 Å². The molecule has 0 fully saturated rings. The van der Waals surface area contributed by atoms with E-state index in [1.54, 1.807) is 12.1 Å². The monoisotopic (exact) mass is 289 g/mol. The summed E-state index contributed by atoms with van der Waals surface area (Å²) in [5, 5.41) is 9.00. The first-order valence-corrected chi connectivity index (χ1v) is 7.82. The van der Waals surface area contributed by atoms with Crippen LogP contribution in [0.25, 0.3) is 0 Å². The predicted octanol–water partition coefficient (Wildman–Crippen LogP) is 2.22. The molecule has 0 saturated carbocycles. The van der Waals surface area contributed by atoms with Crippen LogP contribution in [0.2, 0.25) is 0 Å². The molecule has 0 amide bonds. The number of rotatable bonds is 5. The zero-order valence-electron chi connectivity index (χ0n) is 10.9. The summed E-state index contributed by atoms with van der Waals surface area (Å²) < 4.78 is 26.7. The van der Waals surface area contributed by atoms with E-state index in [1.807, 2.05) is 20.8 Å². The van der Waals surface area contributed by atoms with Crippen LogP contribution in [0, 0.1) is 0 Å². The van der Waals surface area contributed by atoms with Gasteiger partial charge < -0.3 is 5.11 Å². The minimum atomic E-state index is -3.54. The van der Waals surface area contributed by atoms with Crippen molar-refractivity contribution in [3.05, 3.63) is 29.7 Å². The first-order chi connectivity index (χ1) is 8.23.